The summed E-state index contributed by atoms with van der Waals surface area (Å²) in [7, 11) is 1.64. The molecule has 0 saturated heterocycles. The van der Waals surface area contributed by atoms with Crippen molar-refractivity contribution in [3.63, 3.8) is 0 Å². The second-order valence-corrected chi connectivity index (χ2v) is 5.93. The fourth-order valence-electron chi connectivity index (χ4n) is 2.26. The SMILES string of the molecule is COc1ccccc1/C=C/C=C(\C#N)c1nc(-c2ccncc2)cs1. The summed E-state index contributed by atoms with van der Waals surface area (Å²) in [5.74, 6) is 0.792. The fraction of sp³-hybridized carbons (Fsp3) is 0.0500. The molecule has 0 spiro atoms. The van der Waals surface area contributed by atoms with Crippen LogP contribution in [0.4, 0.5) is 0 Å². The van der Waals surface area contributed by atoms with Crippen LogP contribution in [0.3, 0.4) is 0 Å². The van der Waals surface area contributed by atoms with Gasteiger partial charge in [-0.15, -0.1) is 11.3 Å². The Hall–Kier alpha value is -3.23. The standard InChI is InChI=1S/C20H15N3OS/c1-24-19-8-3-2-5-16(19)6-4-7-17(13-21)20-23-18(14-25-20)15-9-11-22-12-10-15/h2-12,14H,1H3/b6-4+,17-7+. The van der Waals surface area contributed by atoms with Crippen LogP contribution in [0.5, 0.6) is 5.75 Å². The molecule has 0 fully saturated rings. The maximum absolute atomic E-state index is 9.44. The van der Waals surface area contributed by atoms with Crippen molar-refractivity contribution in [3.8, 4) is 23.1 Å². The van der Waals surface area contributed by atoms with Crippen LogP contribution in [0, 0.1) is 11.3 Å². The molecule has 0 amide bonds. The van der Waals surface area contributed by atoms with E-state index in [-0.39, 0.29) is 0 Å². The molecule has 5 heteroatoms. The van der Waals surface area contributed by atoms with Gasteiger partial charge in [-0.3, -0.25) is 4.98 Å². The minimum Gasteiger partial charge on any atom is -0.496 e. The molecule has 0 N–H and O–H groups in total. The highest BCUT2D eigenvalue weighted by atomic mass is 32.1. The number of thiazole rings is 1. The van der Waals surface area contributed by atoms with Crippen LogP contribution in [-0.4, -0.2) is 17.1 Å². The van der Waals surface area contributed by atoms with Crippen LogP contribution in [0.15, 0.2) is 66.3 Å². The lowest BCUT2D eigenvalue weighted by Crippen LogP contribution is -1.85. The number of allylic oxidation sites excluding steroid dienone is 3. The summed E-state index contributed by atoms with van der Waals surface area (Å²) < 4.78 is 5.31. The number of hydrogen-bond donors (Lipinski definition) is 0. The number of ether oxygens (including phenoxy) is 1. The Kier molecular flexibility index (Phi) is 5.35. The van der Waals surface area contributed by atoms with Gasteiger partial charge in [-0.25, -0.2) is 4.98 Å². The molecule has 0 bridgehead atoms. The lowest BCUT2D eigenvalue weighted by Gasteiger charge is -2.02. The molecular formula is C20H15N3OS. The van der Waals surface area contributed by atoms with E-state index in [9.17, 15) is 5.26 Å². The minimum absolute atomic E-state index is 0.524. The smallest absolute Gasteiger partial charge is 0.134 e. The number of aromatic nitrogens is 2. The second-order valence-electron chi connectivity index (χ2n) is 5.07. The molecule has 0 saturated carbocycles. The maximum atomic E-state index is 9.44. The van der Waals surface area contributed by atoms with Gasteiger partial charge in [0.05, 0.1) is 18.4 Å². The van der Waals surface area contributed by atoms with E-state index in [1.807, 2.05) is 53.9 Å². The van der Waals surface area contributed by atoms with Crippen LogP contribution in [0.25, 0.3) is 22.9 Å². The Morgan fingerprint density at radius 2 is 2.00 bits per heavy atom. The van der Waals surface area contributed by atoms with Gasteiger partial charge < -0.3 is 4.74 Å². The average molecular weight is 345 g/mol. The second kappa shape index (κ2) is 8.04. The summed E-state index contributed by atoms with van der Waals surface area (Å²) in [4.78, 5) is 8.56. The lowest BCUT2D eigenvalue weighted by molar-refractivity contribution is 0.414. The van der Waals surface area contributed by atoms with Crippen LogP contribution in [0.1, 0.15) is 10.6 Å². The minimum atomic E-state index is 0.524. The molecule has 3 aromatic rings. The molecule has 0 unspecified atom stereocenters. The Balaban J connectivity index is 1.83. The van der Waals surface area contributed by atoms with Gasteiger partial charge in [0.15, 0.2) is 0 Å². The zero-order valence-corrected chi connectivity index (χ0v) is 14.4. The highest BCUT2D eigenvalue weighted by Gasteiger charge is 2.08. The van der Waals surface area contributed by atoms with E-state index < -0.39 is 0 Å². The van der Waals surface area contributed by atoms with Crippen molar-refractivity contribution in [1.82, 2.24) is 9.97 Å². The third-order valence-electron chi connectivity index (χ3n) is 3.51. The third-order valence-corrected chi connectivity index (χ3v) is 4.38. The molecule has 0 aliphatic carbocycles. The number of para-hydroxylation sites is 1. The van der Waals surface area contributed by atoms with Crippen molar-refractivity contribution in [2.45, 2.75) is 0 Å². The number of pyridine rings is 1. The fourth-order valence-corrected chi connectivity index (χ4v) is 3.06. The summed E-state index contributed by atoms with van der Waals surface area (Å²) in [6.07, 6.45) is 8.97. The molecule has 2 heterocycles. The Bertz CT molecular complexity index is 952. The summed E-state index contributed by atoms with van der Waals surface area (Å²) in [5, 5.41) is 12.1. The molecule has 2 aromatic heterocycles. The Labute approximate surface area is 150 Å². The first-order valence-electron chi connectivity index (χ1n) is 7.59. The van der Waals surface area contributed by atoms with Crippen molar-refractivity contribution in [2.24, 2.45) is 0 Å². The van der Waals surface area contributed by atoms with Crippen molar-refractivity contribution >= 4 is 23.0 Å². The Morgan fingerprint density at radius 3 is 2.76 bits per heavy atom. The first-order chi connectivity index (χ1) is 12.3. The summed E-state index contributed by atoms with van der Waals surface area (Å²) in [6.45, 7) is 0. The molecule has 25 heavy (non-hydrogen) atoms. The first-order valence-corrected chi connectivity index (χ1v) is 8.47. The zero-order chi connectivity index (χ0) is 17.5. The molecule has 0 aliphatic rings. The highest BCUT2D eigenvalue weighted by Crippen LogP contribution is 2.26. The van der Waals surface area contributed by atoms with Gasteiger partial charge in [0.25, 0.3) is 0 Å². The summed E-state index contributed by atoms with van der Waals surface area (Å²) >= 11 is 1.45. The number of nitrogens with zero attached hydrogens (tertiary/aromatic N) is 3. The highest BCUT2D eigenvalue weighted by molar-refractivity contribution is 7.11. The third kappa shape index (κ3) is 4.00. The zero-order valence-electron chi connectivity index (χ0n) is 13.6. The number of benzene rings is 1. The largest absolute Gasteiger partial charge is 0.496 e. The van der Waals surface area contributed by atoms with E-state index in [1.54, 1.807) is 25.6 Å². The van der Waals surface area contributed by atoms with Gasteiger partial charge in [-0.2, -0.15) is 5.26 Å². The molecule has 4 nitrogen and oxygen atoms in total. The van der Waals surface area contributed by atoms with Crippen molar-refractivity contribution in [2.75, 3.05) is 7.11 Å². The van der Waals surface area contributed by atoms with Gasteiger partial charge in [0, 0.05) is 28.9 Å². The van der Waals surface area contributed by atoms with Gasteiger partial charge in [0.1, 0.15) is 16.8 Å². The van der Waals surface area contributed by atoms with Crippen LogP contribution in [-0.2, 0) is 0 Å². The monoisotopic (exact) mass is 345 g/mol. The van der Waals surface area contributed by atoms with Crippen molar-refractivity contribution < 1.29 is 4.74 Å². The quantitative estimate of drug-likeness (QED) is 0.491. The predicted octanol–water partition coefficient (Wildman–Crippen LogP) is 4.83. The van der Waals surface area contributed by atoms with E-state index in [0.29, 0.717) is 10.6 Å². The average Bonchev–Trinajstić information content (AvgIpc) is 3.16. The van der Waals surface area contributed by atoms with Gasteiger partial charge >= 0.3 is 0 Å². The van der Waals surface area contributed by atoms with Crippen LogP contribution >= 0.6 is 11.3 Å². The number of hydrogen-bond acceptors (Lipinski definition) is 5. The number of methoxy groups -OCH3 is 1. The van der Waals surface area contributed by atoms with Gasteiger partial charge in [0.2, 0.25) is 0 Å². The molecule has 0 radical (unpaired) electrons. The lowest BCUT2D eigenvalue weighted by atomic mass is 10.1. The predicted molar refractivity (Wildman–Crippen MR) is 101 cm³/mol. The van der Waals surface area contributed by atoms with Crippen LogP contribution in [0.2, 0.25) is 0 Å². The van der Waals surface area contributed by atoms with Crippen molar-refractivity contribution in [3.05, 3.63) is 76.9 Å². The molecule has 122 valence electrons. The summed E-state index contributed by atoms with van der Waals surface area (Å²) in [5.41, 5.74) is 3.31. The molecule has 0 atom stereocenters. The normalized spacial score (nSPS) is 11.4. The molecule has 1 aromatic carbocycles. The topological polar surface area (TPSA) is 58.8 Å². The van der Waals surface area contributed by atoms with E-state index >= 15 is 0 Å². The van der Waals surface area contributed by atoms with E-state index in [2.05, 4.69) is 16.0 Å². The Morgan fingerprint density at radius 1 is 1.20 bits per heavy atom. The molecule has 0 aliphatic heterocycles. The number of rotatable bonds is 5. The van der Waals surface area contributed by atoms with E-state index in [0.717, 1.165) is 22.6 Å². The van der Waals surface area contributed by atoms with Crippen molar-refractivity contribution in [1.29, 1.82) is 5.26 Å². The maximum Gasteiger partial charge on any atom is 0.134 e. The van der Waals surface area contributed by atoms with Crippen LogP contribution < -0.4 is 4.74 Å². The van der Waals surface area contributed by atoms with Gasteiger partial charge in [-0.1, -0.05) is 30.4 Å². The first kappa shape index (κ1) is 16.6. The van der Waals surface area contributed by atoms with E-state index in [4.69, 9.17) is 4.74 Å². The molecular weight excluding hydrogens is 330 g/mol. The van der Waals surface area contributed by atoms with E-state index in [1.165, 1.54) is 11.3 Å². The summed E-state index contributed by atoms with van der Waals surface area (Å²) in [6, 6.07) is 13.7. The van der Waals surface area contributed by atoms with Gasteiger partial charge in [-0.05, 0) is 24.3 Å². The number of nitriles is 1. The molecule has 3 rings (SSSR count).